The van der Waals surface area contributed by atoms with E-state index in [-0.39, 0.29) is 11.4 Å². The standard InChI is InChI=1S/C10H7FN4O3/c11-6-3-1-5(2-4-6)7-9(15(17)18)8(10(12)16)14-13-7/h1-4H,(H2,12,16)(H,13,14). The normalized spacial score (nSPS) is 10.3. The van der Waals surface area contributed by atoms with Crippen molar-refractivity contribution in [2.75, 3.05) is 0 Å². The number of halogens is 1. The lowest BCUT2D eigenvalue weighted by Gasteiger charge is -1.96. The second-order valence-electron chi connectivity index (χ2n) is 3.42. The Kier molecular flexibility index (Phi) is 2.76. The van der Waals surface area contributed by atoms with Gasteiger partial charge in [-0.15, -0.1) is 0 Å². The average molecular weight is 250 g/mol. The van der Waals surface area contributed by atoms with Crippen molar-refractivity contribution in [2.24, 2.45) is 5.73 Å². The number of primary amides is 1. The van der Waals surface area contributed by atoms with Gasteiger partial charge in [0, 0.05) is 5.56 Å². The van der Waals surface area contributed by atoms with Gasteiger partial charge in [-0.05, 0) is 24.3 Å². The van der Waals surface area contributed by atoms with Crippen LogP contribution >= 0.6 is 0 Å². The molecule has 0 spiro atoms. The van der Waals surface area contributed by atoms with Crippen LogP contribution in [0.15, 0.2) is 24.3 Å². The van der Waals surface area contributed by atoms with Crippen LogP contribution in [0.4, 0.5) is 10.1 Å². The monoisotopic (exact) mass is 250 g/mol. The van der Waals surface area contributed by atoms with E-state index < -0.39 is 22.3 Å². The molecule has 7 nitrogen and oxygen atoms in total. The number of rotatable bonds is 3. The van der Waals surface area contributed by atoms with Gasteiger partial charge < -0.3 is 5.73 Å². The number of aromatic amines is 1. The molecule has 0 radical (unpaired) electrons. The van der Waals surface area contributed by atoms with Crippen LogP contribution in [0.5, 0.6) is 0 Å². The van der Waals surface area contributed by atoms with Crippen LogP contribution in [-0.4, -0.2) is 21.0 Å². The molecule has 3 N–H and O–H groups in total. The van der Waals surface area contributed by atoms with Crippen LogP contribution in [0, 0.1) is 15.9 Å². The van der Waals surface area contributed by atoms with Gasteiger partial charge in [0.25, 0.3) is 5.91 Å². The molecule has 0 atom stereocenters. The molecular weight excluding hydrogens is 243 g/mol. The van der Waals surface area contributed by atoms with Crippen molar-refractivity contribution in [3.63, 3.8) is 0 Å². The third-order valence-electron chi connectivity index (χ3n) is 2.29. The maximum Gasteiger partial charge on any atom is 0.327 e. The Hall–Kier alpha value is -2.77. The minimum Gasteiger partial charge on any atom is -0.364 e. The van der Waals surface area contributed by atoms with Gasteiger partial charge in [0.15, 0.2) is 5.69 Å². The fraction of sp³-hybridized carbons (Fsp3) is 0. The minimum atomic E-state index is -0.984. The summed E-state index contributed by atoms with van der Waals surface area (Å²) in [4.78, 5) is 21.2. The number of nitro groups is 1. The zero-order chi connectivity index (χ0) is 13.3. The van der Waals surface area contributed by atoms with Crippen molar-refractivity contribution in [3.05, 3.63) is 45.9 Å². The lowest BCUT2D eigenvalue weighted by molar-refractivity contribution is -0.384. The highest BCUT2D eigenvalue weighted by atomic mass is 19.1. The molecular formula is C10H7FN4O3. The highest BCUT2D eigenvalue weighted by Crippen LogP contribution is 2.30. The quantitative estimate of drug-likeness (QED) is 0.629. The van der Waals surface area contributed by atoms with Crippen LogP contribution in [0.3, 0.4) is 0 Å². The van der Waals surface area contributed by atoms with E-state index in [0.717, 1.165) is 12.1 Å². The van der Waals surface area contributed by atoms with Gasteiger partial charge in [0.05, 0.1) is 4.92 Å². The number of amides is 1. The van der Waals surface area contributed by atoms with Crippen LogP contribution < -0.4 is 5.73 Å². The summed E-state index contributed by atoms with van der Waals surface area (Å²) in [6.45, 7) is 0. The highest BCUT2D eigenvalue weighted by molar-refractivity contribution is 5.97. The summed E-state index contributed by atoms with van der Waals surface area (Å²) in [6, 6.07) is 4.92. The van der Waals surface area contributed by atoms with E-state index in [4.69, 9.17) is 5.73 Å². The molecule has 0 unspecified atom stereocenters. The summed E-state index contributed by atoms with van der Waals surface area (Å²) >= 11 is 0. The molecule has 1 aromatic heterocycles. The maximum absolute atomic E-state index is 12.8. The molecule has 18 heavy (non-hydrogen) atoms. The fourth-order valence-corrected chi connectivity index (χ4v) is 1.49. The molecule has 8 heteroatoms. The first-order valence-corrected chi connectivity index (χ1v) is 4.79. The van der Waals surface area contributed by atoms with Crippen molar-refractivity contribution in [1.82, 2.24) is 10.2 Å². The molecule has 1 aromatic carbocycles. The largest absolute Gasteiger partial charge is 0.364 e. The predicted octanol–water partition coefficient (Wildman–Crippen LogP) is 1.22. The molecule has 92 valence electrons. The number of aromatic nitrogens is 2. The molecule has 0 bridgehead atoms. The maximum atomic E-state index is 12.8. The summed E-state index contributed by atoms with van der Waals surface area (Å²) in [6.07, 6.45) is 0. The van der Waals surface area contributed by atoms with Crippen LogP contribution in [0.1, 0.15) is 10.5 Å². The molecule has 2 aromatic rings. The summed E-state index contributed by atoms with van der Waals surface area (Å²) < 4.78 is 12.8. The lowest BCUT2D eigenvalue weighted by Crippen LogP contribution is -2.13. The number of nitrogens with two attached hydrogens (primary N) is 1. The second kappa shape index (κ2) is 4.24. The van der Waals surface area contributed by atoms with Gasteiger partial charge in [-0.2, -0.15) is 5.10 Å². The number of H-pyrrole nitrogens is 1. The van der Waals surface area contributed by atoms with Gasteiger partial charge in [-0.1, -0.05) is 0 Å². The predicted molar refractivity (Wildman–Crippen MR) is 59.2 cm³/mol. The molecule has 0 saturated heterocycles. The first-order chi connectivity index (χ1) is 8.50. The molecule has 0 aliphatic rings. The zero-order valence-electron chi connectivity index (χ0n) is 8.88. The number of carbonyl (C=O) groups is 1. The Labute approximate surface area is 99.6 Å². The number of nitrogens with zero attached hydrogens (tertiary/aromatic N) is 2. The number of hydrogen-bond donors (Lipinski definition) is 2. The Bertz CT molecular complexity index is 621. The summed E-state index contributed by atoms with van der Waals surface area (Å²) in [5, 5.41) is 16.8. The SMILES string of the molecule is NC(=O)c1[nH]nc(-c2ccc(F)cc2)c1[N+](=O)[O-]. The van der Waals surface area contributed by atoms with Gasteiger partial charge in [-0.3, -0.25) is 20.0 Å². The van der Waals surface area contributed by atoms with E-state index in [1.165, 1.54) is 12.1 Å². The van der Waals surface area contributed by atoms with Crippen molar-refractivity contribution in [1.29, 1.82) is 0 Å². The second-order valence-corrected chi connectivity index (χ2v) is 3.42. The Morgan fingerprint density at radius 3 is 2.50 bits per heavy atom. The van der Waals surface area contributed by atoms with Gasteiger partial charge in [0.2, 0.25) is 5.69 Å². The van der Waals surface area contributed by atoms with Gasteiger partial charge in [-0.25, -0.2) is 4.39 Å². The van der Waals surface area contributed by atoms with E-state index in [9.17, 15) is 19.3 Å². The summed E-state index contributed by atoms with van der Waals surface area (Å²) in [5.74, 6) is -1.46. The number of nitrogens with one attached hydrogen (secondary N) is 1. The fourth-order valence-electron chi connectivity index (χ4n) is 1.49. The van der Waals surface area contributed by atoms with Gasteiger partial charge >= 0.3 is 5.69 Å². The van der Waals surface area contributed by atoms with Crippen LogP contribution in [-0.2, 0) is 0 Å². The highest BCUT2D eigenvalue weighted by Gasteiger charge is 2.28. The lowest BCUT2D eigenvalue weighted by atomic mass is 10.1. The van der Waals surface area contributed by atoms with E-state index >= 15 is 0 Å². The Morgan fingerprint density at radius 1 is 1.39 bits per heavy atom. The number of benzene rings is 1. The van der Waals surface area contributed by atoms with E-state index in [1.807, 2.05) is 0 Å². The Morgan fingerprint density at radius 2 is 2.00 bits per heavy atom. The molecule has 1 amide bonds. The summed E-state index contributed by atoms with van der Waals surface area (Å²) in [5.41, 5.74) is 4.34. The smallest absolute Gasteiger partial charge is 0.327 e. The molecule has 1 heterocycles. The Balaban J connectivity index is 2.61. The van der Waals surface area contributed by atoms with Crippen LogP contribution in [0.25, 0.3) is 11.3 Å². The van der Waals surface area contributed by atoms with Crippen molar-refractivity contribution in [2.45, 2.75) is 0 Å². The summed E-state index contributed by atoms with van der Waals surface area (Å²) in [7, 11) is 0. The van der Waals surface area contributed by atoms with E-state index in [0.29, 0.717) is 5.56 Å². The topological polar surface area (TPSA) is 115 Å². The van der Waals surface area contributed by atoms with Crippen LogP contribution in [0.2, 0.25) is 0 Å². The van der Waals surface area contributed by atoms with Crippen molar-refractivity contribution >= 4 is 11.6 Å². The molecule has 0 saturated carbocycles. The van der Waals surface area contributed by atoms with Gasteiger partial charge in [0.1, 0.15) is 5.82 Å². The first kappa shape index (κ1) is 11.7. The molecule has 0 aliphatic carbocycles. The third kappa shape index (κ3) is 1.90. The third-order valence-corrected chi connectivity index (χ3v) is 2.29. The van der Waals surface area contributed by atoms with E-state index in [2.05, 4.69) is 10.2 Å². The van der Waals surface area contributed by atoms with Crippen molar-refractivity contribution in [3.8, 4) is 11.3 Å². The minimum absolute atomic E-state index is 0.0613. The molecule has 0 aliphatic heterocycles. The molecule has 2 rings (SSSR count). The molecule has 0 fully saturated rings. The number of carbonyl (C=O) groups excluding carboxylic acids is 1. The first-order valence-electron chi connectivity index (χ1n) is 4.79. The number of hydrogen-bond acceptors (Lipinski definition) is 4. The zero-order valence-corrected chi connectivity index (χ0v) is 8.88. The average Bonchev–Trinajstić information content (AvgIpc) is 2.74. The van der Waals surface area contributed by atoms with Crippen molar-refractivity contribution < 1.29 is 14.1 Å². The van der Waals surface area contributed by atoms with E-state index in [1.54, 1.807) is 0 Å².